The van der Waals surface area contributed by atoms with Crippen LogP contribution in [0.5, 0.6) is 0 Å². The summed E-state index contributed by atoms with van der Waals surface area (Å²) in [4.78, 5) is 80.1. The monoisotopic (exact) mass is 816 g/mol. The molecule has 1 aromatic heterocycles. The van der Waals surface area contributed by atoms with Crippen LogP contribution in [0.1, 0.15) is 42.6 Å². The van der Waals surface area contributed by atoms with Gasteiger partial charge in [0, 0.05) is 24.1 Å². The van der Waals surface area contributed by atoms with Crippen LogP contribution < -0.4 is 27.0 Å². The Hall–Kier alpha value is -6.05. The first-order valence-electron chi connectivity index (χ1n) is 18.9. The highest BCUT2D eigenvalue weighted by atomic mass is 16.7. The maximum absolute atomic E-state index is 13.0. The number of aliphatic hydroxyl groups excluding tert-OH is 2. The number of aromatic nitrogens is 1. The van der Waals surface area contributed by atoms with Crippen molar-refractivity contribution in [3.63, 3.8) is 0 Å². The molecule has 0 aliphatic carbocycles. The number of rotatable bonds is 19. The van der Waals surface area contributed by atoms with Crippen molar-refractivity contribution in [1.82, 2.24) is 26.3 Å². The summed E-state index contributed by atoms with van der Waals surface area (Å²) in [5.41, 5.74) is 7.90. The Morgan fingerprint density at radius 3 is 2.39 bits per heavy atom. The lowest BCUT2D eigenvalue weighted by Gasteiger charge is -2.44. The van der Waals surface area contributed by atoms with Crippen molar-refractivity contribution in [2.45, 2.75) is 76.0 Å². The highest BCUT2D eigenvalue weighted by Crippen LogP contribution is 2.26. The second-order valence-corrected chi connectivity index (χ2v) is 13.8. The van der Waals surface area contributed by atoms with Crippen molar-refractivity contribution in [2.75, 3.05) is 26.4 Å². The minimum atomic E-state index is -1.49. The molecule has 4 aromatic rings. The number of benzene rings is 3. The van der Waals surface area contributed by atoms with Gasteiger partial charge in [-0.25, -0.2) is 4.98 Å². The predicted octanol–water partition coefficient (Wildman–Crippen LogP) is 0.101. The Morgan fingerprint density at radius 1 is 0.932 bits per heavy atom. The molecule has 2 unspecified atom stereocenters. The summed E-state index contributed by atoms with van der Waals surface area (Å²) in [6.07, 6.45) is -5.64. The fraction of sp³-hybridized carbons (Fsp3) is 0.390. The highest BCUT2D eigenvalue weighted by molar-refractivity contribution is 6.07. The average Bonchev–Trinajstić information content (AvgIpc) is 3.22. The molecule has 18 heteroatoms. The summed E-state index contributed by atoms with van der Waals surface area (Å²) in [6, 6.07) is 20.2. The molecule has 0 bridgehead atoms. The van der Waals surface area contributed by atoms with Gasteiger partial charge >= 0.3 is 5.97 Å². The van der Waals surface area contributed by atoms with E-state index < -0.39 is 91.4 Å². The molecule has 0 spiro atoms. The zero-order valence-electron chi connectivity index (χ0n) is 32.5. The molecule has 3 aromatic carbocycles. The maximum atomic E-state index is 13.0. The van der Waals surface area contributed by atoms with Crippen LogP contribution in [-0.4, -0.2) is 120 Å². The summed E-state index contributed by atoms with van der Waals surface area (Å²) >= 11 is 0. The summed E-state index contributed by atoms with van der Waals surface area (Å²) < 4.78 is 22.5. The van der Waals surface area contributed by atoms with Crippen LogP contribution in [0.2, 0.25) is 0 Å². The average molecular weight is 817 g/mol. The van der Waals surface area contributed by atoms with Gasteiger partial charge in [0.2, 0.25) is 23.6 Å². The zero-order chi connectivity index (χ0) is 42.5. The van der Waals surface area contributed by atoms with Crippen LogP contribution in [0.3, 0.4) is 0 Å². The number of carbonyl (C=O) groups is 6. The predicted molar refractivity (Wildman–Crippen MR) is 211 cm³/mol. The van der Waals surface area contributed by atoms with Gasteiger partial charge in [-0.05, 0) is 37.1 Å². The number of fused-ring (bicyclic) bond motifs is 2. The third-order valence-electron chi connectivity index (χ3n) is 9.40. The first kappa shape index (κ1) is 44.1. The number of hydrogen-bond donors (Lipinski definition) is 7. The summed E-state index contributed by atoms with van der Waals surface area (Å²) in [5.74, 6) is -4.15. The zero-order valence-corrected chi connectivity index (χ0v) is 32.5. The minimum absolute atomic E-state index is 0.00251. The van der Waals surface area contributed by atoms with Gasteiger partial charge in [-0.3, -0.25) is 28.8 Å². The molecular weight excluding hydrogens is 768 g/mol. The van der Waals surface area contributed by atoms with Gasteiger partial charge in [0.05, 0.1) is 36.4 Å². The van der Waals surface area contributed by atoms with Crippen molar-refractivity contribution in [3.8, 4) is 0 Å². The molecule has 2 heterocycles. The molecule has 314 valence electrons. The van der Waals surface area contributed by atoms with Gasteiger partial charge in [0.15, 0.2) is 6.29 Å². The van der Waals surface area contributed by atoms with E-state index in [-0.39, 0.29) is 32.6 Å². The molecule has 18 nitrogen and oxygen atoms in total. The van der Waals surface area contributed by atoms with Gasteiger partial charge < -0.3 is 56.2 Å². The number of ether oxygens (including phenoxy) is 4. The lowest BCUT2D eigenvalue weighted by atomic mass is 9.96. The van der Waals surface area contributed by atoms with Gasteiger partial charge in [0.1, 0.15) is 49.7 Å². The van der Waals surface area contributed by atoms with Crippen molar-refractivity contribution in [1.29, 1.82) is 0 Å². The topological polar surface area (TPSA) is 267 Å². The lowest BCUT2D eigenvalue weighted by molar-refractivity contribution is -0.279. The van der Waals surface area contributed by atoms with E-state index in [1.54, 1.807) is 12.1 Å². The number of aliphatic hydroxyl groups is 2. The lowest BCUT2D eigenvalue weighted by Crippen LogP contribution is -2.65. The normalized spacial score (nSPS) is 19.9. The molecule has 0 radical (unpaired) electrons. The van der Waals surface area contributed by atoms with Crippen molar-refractivity contribution in [3.05, 3.63) is 90.0 Å². The SMILES string of the molecule is CC(=O)N[C@@H]1[C@H](OCc2ccccc2)OC(CO)C(O)[C@H]1OCC(=O)N[C@H](C)C(=O)N[C@H](CCC(=O)OCCNC(=O)c1cccc2cc3ccccc3nc12)C(N)=O. The molecule has 0 saturated carbocycles. The highest BCUT2D eigenvalue weighted by Gasteiger charge is 2.47. The minimum Gasteiger partial charge on any atom is -0.464 e. The third kappa shape index (κ3) is 12.2. The summed E-state index contributed by atoms with van der Waals surface area (Å²) in [6.45, 7) is 1.15. The molecule has 1 saturated heterocycles. The number of nitrogens with zero attached hydrogens (tertiary/aromatic N) is 1. The Bertz CT molecular complexity index is 2120. The maximum Gasteiger partial charge on any atom is 0.305 e. The molecule has 59 heavy (non-hydrogen) atoms. The van der Waals surface area contributed by atoms with E-state index in [2.05, 4.69) is 26.3 Å². The summed E-state index contributed by atoms with van der Waals surface area (Å²) in [7, 11) is 0. The number of esters is 1. The number of pyridine rings is 1. The standard InChI is InChI=1S/C41H48N6O12/c1-23(44-32(50)22-57-37-35(45-24(2)49)41(59-31(20-48)36(37)52)58-21-25-9-4-3-5-10-25)39(54)47-30(38(42)53)15-16-33(51)56-18-17-43-40(55)28-13-8-12-27-19-26-11-6-7-14-29(26)46-34(27)28/h3-14,19,23,30-31,35-37,41,48,52H,15-18,20-22H2,1-2H3,(H2,42,53)(H,43,55)(H,44,50)(H,45,49)(H,47,54)/t23-,30-,31?,35+,36?,37+,41-/m1/s1. The molecule has 1 aliphatic heterocycles. The summed E-state index contributed by atoms with van der Waals surface area (Å²) in [5, 5.41) is 32.7. The first-order valence-corrected chi connectivity index (χ1v) is 18.9. The van der Waals surface area contributed by atoms with E-state index in [9.17, 15) is 39.0 Å². The van der Waals surface area contributed by atoms with Crippen molar-refractivity contribution >= 4 is 57.3 Å². The molecule has 1 fully saturated rings. The van der Waals surface area contributed by atoms with Gasteiger partial charge in [-0.2, -0.15) is 0 Å². The van der Waals surface area contributed by atoms with Crippen LogP contribution in [0, 0.1) is 0 Å². The fourth-order valence-electron chi connectivity index (χ4n) is 6.40. The van der Waals surface area contributed by atoms with E-state index in [1.807, 2.05) is 66.7 Å². The van der Waals surface area contributed by atoms with Gasteiger partial charge in [-0.1, -0.05) is 60.7 Å². The Morgan fingerprint density at radius 2 is 1.66 bits per heavy atom. The third-order valence-corrected chi connectivity index (χ3v) is 9.40. The van der Waals surface area contributed by atoms with Crippen molar-refractivity contribution in [2.24, 2.45) is 5.73 Å². The van der Waals surface area contributed by atoms with E-state index in [4.69, 9.17) is 24.7 Å². The second-order valence-electron chi connectivity index (χ2n) is 13.8. The van der Waals surface area contributed by atoms with E-state index >= 15 is 0 Å². The van der Waals surface area contributed by atoms with Crippen molar-refractivity contribution < 1.29 is 57.9 Å². The molecule has 8 N–H and O–H groups in total. The van der Waals surface area contributed by atoms with Gasteiger partial charge in [-0.15, -0.1) is 0 Å². The number of primary amides is 1. The van der Waals surface area contributed by atoms with Crippen LogP contribution in [0.15, 0.2) is 78.9 Å². The second kappa shape index (κ2) is 21.1. The number of hydrogen-bond acceptors (Lipinski definition) is 13. The molecule has 5 rings (SSSR count). The Balaban J connectivity index is 1.06. The number of nitrogens with one attached hydrogen (secondary N) is 4. The number of amides is 5. The molecule has 1 aliphatic rings. The number of para-hydroxylation sites is 2. The molecule has 5 amide bonds. The number of nitrogens with two attached hydrogens (primary N) is 1. The first-order chi connectivity index (χ1) is 28.3. The van der Waals surface area contributed by atoms with E-state index in [1.165, 1.54) is 13.8 Å². The van der Waals surface area contributed by atoms with E-state index in [0.29, 0.717) is 11.1 Å². The Kier molecular flexibility index (Phi) is 15.8. The fourth-order valence-corrected chi connectivity index (χ4v) is 6.40. The van der Waals surface area contributed by atoms with E-state index in [0.717, 1.165) is 21.9 Å². The quantitative estimate of drug-likeness (QED) is 0.0377. The van der Waals surface area contributed by atoms with Crippen LogP contribution in [0.25, 0.3) is 21.8 Å². The number of carbonyl (C=O) groups excluding carboxylic acids is 6. The smallest absolute Gasteiger partial charge is 0.305 e. The van der Waals surface area contributed by atoms with Gasteiger partial charge in [0.25, 0.3) is 5.91 Å². The van der Waals surface area contributed by atoms with Crippen LogP contribution in [-0.2, 0) is 49.5 Å². The van der Waals surface area contributed by atoms with Crippen LogP contribution in [0.4, 0.5) is 0 Å². The van der Waals surface area contributed by atoms with Crippen LogP contribution >= 0.6 is 0 Å². The molecular formula is C41H48N6O12. The largest absolute Gasteiger partial charge is 0.464 e. The Labute approximate surface area is 339 Å². The molecule has 7 atom stereocenters.